The molecule has 0 spiro atoms. The first-order chi connectivity index (χ1) is 6.73. The van der Waals surface area contributed by atoms with E-state index in [1.54, 1.807) is 0 Å². The van der Waals surface area contributed by atoms with Gasteiger partial charge in [0, 0.05) is 0 Å². The van der Waals surface area contributed by atoms with E-state index in [1.165, 1.54) is 6.92 Å². The van der Waals surface area contributed by atoms with Gasteiger partial charge < -0.3 is 0 Å². The predicted molar refractivity (Wildman–Crippen MR) is 58.3 cm³/mol. The molecule has 0 aromatic carbocycles. The van der Waals surface area contributed by atoms with Gasteiger partial charge in [-0.3, -0.25) is 4.90 Å². The largest absolute Gasteiger partial charge is 0.317 e. The van der Waals surface area contributed by atoms with Gasteiger partial charge in [-0.2, -0.15) is 8.78 Å². The zero-order chi connectivity index (χ0) is 11.8. The maximum atomic E-state index is 12.6. The molecule has 0 aliphatic carbocycles. The zero-order valence-electron chi connectivity index (χ0n) is 7.26. The van der Waals surface area contributed by atoms with Crippen LogP contribution in [0.15, 0.2) is 9.98 Å². The summed E-state index contributed by atoms with van der Waals surface area (Å²) in [6.45, 7) is -1.48. The molecule has 1 rings (SSSR count). The van der Waals surface area contributed by atoms with Crippen molar-refractivity contribution in [3.05, 3.63) is 0 Å². The van der Waals surface area contributed by atoms with Crippen molar-refractivity contribution in [3.63, 3.8) is 0 Å². The highest BCUT2D eigenvalue weighted by Gasteiger charge is 2.41. The lowest BCUT2D eigenvalue weighted by molar-refractivity contribution is 0.000751. The Hall–Kier alpha value is 0.160. The van der Waals surface area contributed by atoms with E-state index in [-0.39, 0.29) is 5.29 Å². The van der Waals surface area contributed by atoms with Crippen LogP contribution in [0.25, 0.3) is 0 Å². The molecule has 0 N–H and O–H groups in total. The maximum Gasteiger partial charge on any atom is 0.317 e. The molecule has 0 radical (unpaired) electrons. The van der Waals surface area contributed by atoms with Gasteiger partial charge >= 0.3 is 6.55 Å². The predicted octanol–water partition coefficient (Wildman–Crippen LogP) is 3.23. The smallest absolute Gasteiger partial charge is 0.278 e. The maximum absolute atomic E-state index is 12.6. The molecule has 0 fully saturated rings. The first-order valence-electron chi connectivity index (χ1n) is 3.69. The van der Waals surface area contributed by atoms with Crippen LogP contribution < -0.4 is 0 Å². The number of aliphatic imine (C=N–C) groups is 2. The number of halogens is 6. The van der Waals surface area contributed by atoms with E-state index in [4.69, 9.17) is 46.4 Å². The van der Waals surface area contributed by atoms with Gasteiger partial charge in [-0.1, -0.05) is 34.8 Å². The van der Waals surface area contributed by atoms with Crippen LogP contribution in [0.5, 0.6) is 0 Å². The first kappa shape index (κ1) is 13.2. The van der Waals surface area contributed by atoms with Gasteiger partial charge in [0.15, 0.2) is 5.84 Å². The van der Waals surface area contributed by atoms with E-state index in [2.05, 4.69) is 9.98 Å². The SMILES string of the molecule is CC1N=C(Cl)N=C(C(Cl)(Cl)Cl)N1C(F)F. The highest BCUT2D eigenvalue weighted by molar-refractivity contribution is 6.77. The van der Waals surface area contributed by atoms with Gasteiger partial charge in [-0.05, 0) is 18.5 Å². The second-order valence-electron chi connectivity index (χ2n) is 2.65. The lowest BCUT2D eigenvalue weighted by atomic mass is 10.4. The van der Waals surface area contributed by atoms with Gasteiger partial charge in [0.1, 0.15) is 6.17 Å². The third-order valence-corrected chi connectivity index (χ3v) is 2.29. The van der Waals surface area contributed by atoms with Crippen LogP contribution in [0.2, 0.25) is 0 Å². The molecule has 1 aliphatic rings. The molecule has 15 heavy (non-hydrogen) atoms. The lowest BCUT2D eigenvalue weighted by Crippen LogP contribution is -2.49. The number of hydrogen-bond donors (Lipinski definition) is 0. The van der Waals surface area contributed by atoms with Crippen LogP contribution in [0, 0.1) is 0 Å². The molecule has 1 heterocycles. The van der Waals surface area contributed by atoms with Crippen molar-refractivity contribution in [1.82, 2.24) is 4.90 Å². The summed E-state index contributed by atoms with van der Waals surface area (Å²) in [5.74, 6) is -0.435. The second kappa shape index (κ2) is 4.57. The quantitative estimate of drug-likeness (QED) is 0.539. The monoisotopic (exact) mass is 297 g/mol. The highest BCUT2D eigenvalue weighted by atomic mass is 35.6. The minimum atomic E-state index is -2.87. The number of nitrogens with zero attached hydrogens (tertiary/aromatic N) is 3. The fourth-order valence-electron chi connectivity index (χ4n) is 1.03. The second-order valence-corrected chi connectivity index (χ2v) is 5.27. The van der Waals surface area contributed by atoms with Crippen LogP contribution in [-0.2, 0) is 0 Å². The van der Waals surface area contributed by atoms with Gasteiger partial charge in [-0.25, -0.2) is 9.98 Å². The summed E-state index contributed by atoms with van der Waals surface area (Å²) >= 11 is 22.0. The van der Waals surface area contributed by atoms with Gasteiger partial charge in [0.05, 0.1) is 0 Å². The molecular weight excluding hydrogens is 294 g/mol. The zero-order valence-corrected chi connectivity index (χ0v) is 10.3. The van der Waals surface area contributed by atoms with Crippen LogP contribution >= 0.6 is 46.4 Å². The summed E-state index contributed by atoms with van der Waals surface area (Å²) in [5, 5.41) is -0.222. The average Bonchev–Trinajstić information content (AvgIpc) is 1.99. The number of hydrogen-bond acceptors (Lipinski definition) is 3. The molecule has 0 aromatic rings. The van der Waals surface area contributed by atoms with Crippen molar-refractivity contribution in [2.75, 3.05) is 0 Å². The number of amidine groups is 2. The van der Waals surface area contributed by atoms with Crippen LogP contribution in [0.4, 0.5) is 8.78 Å². The summed E-state index contributed by atoms with van der Waals surface area (Å²) in [6.07, 6.45) is -0.930. The minimum absolute atomic E-state index is 0.222. The van der Waals surface area contributed by atoms with Crippen LogP contribution in [0.1, 0.15) is 6.92 Å². The Morgan fingerprint density at radius 1 is 1.40 bits per heavy atom. The molecule has 1 unspecified atom stereocenters. The molecule has 0 bridgehead atoms. The van der Waals surface area contributed by atoms with Crippen LogP contribution in [0.3, 0.4) is 0 Å². The number of rotatable bonds is 1. The van der Waals surface area contributed by atoms with Crippen molar-refractivity contribution in [2.24, 2.45) is 9.98 Å². The van der Waals surface area contributed by atoms with Crippen molar-refractivity contribution >= 4 is 57.5 Å². The highest BCUT2D eigenvalue weighted by Crippen LogP contribution is 2.33. The topological polar surface area (TPSA) is 28.0 Å². The summed E-state index contributed by atoms with van der Waals surface area (Å²) in [7, 11) is 0. The standard InChI is InChI=1S/C6H5Cl4F2N3/c1-2-13-4(7)14-3(6(8,9)10)15(2)5(11)12/h2,5H,1H3. The third kappa shape index (κ3) is 3.06. The van der Waals surface area contributed by atoms with E-state index in [1.807, 2.05) is 0 Å². The molecule has 0 saturated carbocycles. The van der Waals surface area contributed by atoms with Crippen LogP contribution in [-0.4, -0.2) is 32.5 Å². The minimum Gasteiger partial charge on any atom is -0.278 e. The van der Waals surface area contributed by atoms with Gasteiger partial charge in [0.25, 0.3) is 0 Å². The van der Waals surface area contributed by atoms with Gasteiger partial charge in [0.2, 0.25) is 9.09 Å². The Morgan fingerprint density at radius 2 is 1.93 bits per heavy atom. The van der Waals surface area contributed by atoms with E-state index in [0.717, 1.165) is 0 Å². The molecule has 1 atom stereocenters. The molecule has 0 aromatic heterocycles. The summed E-state index contributed by atoms with van der Waals surface area (Å²) in [6, 6.07) is 0. The lowest BCUT2D eigenvalue weighted by Gasteiger charge is -2.33. The van der Waals surface area contributed by atoms with E-state index < -0.39 is 22.3 Å². The number of alkyl halides is 5. The molecule has 1 aliphatic heterocycles. The Kier molecular flexibility index (Phi) is 4.03. The molecule has 3 nitrogen and oxygen atoms in total. The normalized spacial score (nSPS) is 22.9. The summed E-state index contributed by atoms with van der Waals surface area (Å²) in [5.41, 5.74) is 0. The Bertz CT molecular complexity index is 312. The Labute approximate surface area is 105 Å². The van der Waals surface area contributed by atoms with Crippen molar-refractivity contribution < 1.29 is 8.78 Å². The molecule has 0 amide bonds. The van der Waals surface area contributed by atoms with E-state index in [0.29, 0.717) is 4.90 Å². The van der Waals surface area contributed by atoms with E-state index >= 15 is 0 Å². The molecular formula is C6H5Cl4F2N3. The molecule has 9 heteroatoms. The summed E-state index contributed by atoms with van der Waals surface area (Å²) in [4.78, 5) is 7.59. The average molecular weight is 299 g/mol. The third-order valence-electron chi connectivity index (χ3n) is 1.60. The Balaban J connectivity index is 3.12. The molecule has 86 valence electrons. The molecule has 0 saturated heterocycles. The van der Waals surface area contributed by atoms with E-state index in [9.17, 15) is 8.78 Å². The fraction of sp³-hybridized carbons (Fsp3) is 0.667. The van der Waals surface area contributed by atoms with Crippen molar-refractivity contribution in [1.29, 1.82) is 0 Å². The summed E-state index contributed by atoms with van der Waals surface area (Å²) < 4.78 is 23.2. The van der Waals surface area contributed by atoms with Crippen molar-refractivity contribution in [3.8, 4) is 0 Å². The fourth-order valence-corrected chi connectivity index (χ4v) is 1.67. The Morgan fingerprint density at radius 3 is 2.33 bits per heavy atom. The van der Waals surface area contributed by atoms with Crippen molar-refractivity contribution in [2.45, 2.75) is 23.4 Å². The first-order valence-corrected chi connectivity index (χ1v) is 5.20. The van der Waals surface area contributed by atoms with Gasteiger partial charge in [-0.15, -0.1) is 0 Å².